The van der Waals surface area contributed by atoms with E-state index >= 15 is 0 Å². The van der Waals surface area contributed by atoms with Crippen LogP contribution in [0.2, 0.25) is 0 Å². The number of hydrogen-bond acceptors (Lipinski definition) is 3. The largest absolute Gasteiger partial charge is 0.467 e. The Balaban J connectivity index is 1.75. The van der Waals surface area contributed by atoms with Gasteiger partial charge in [-0.25, -0.2) is 4.98 Å². The van der Waals surface area contributed by atoms with Crippen LogP contribution in [-0.4, -0.2) is 26.7 Å². The quantitative estimate of drug-likeness (QED) is 0.704. The van der Waals surface area contributed by atoms with Gasteiger partial charge in [0.15, 0.2) is 5.69 Å². The normalized spacial score (nSPS) is 18.5. The van der Waals surface area contributed by atoms with Gasteiger partial charge in [-0.05, 0) is 44.0 Å². The lowest BCUT2D eigenvalue weighted by Crippen LogP contribution is -2.35. The standard InChI is InChI=1S/C19H20FN3O2/c1-13-7-5-10-16-21-17(18(20)23(13)16)19(24)22-11-4-2-3-8-14(22)15-9-6-12-25-15/h5-7,9-10,12,14H,2-4,8,11H2,1H3/t14-/m0/s1. The molecule has 4 rings (SSSR count). The van der Waals surface area contributed by atoms with E-state index in [0.29, 0.717) is 17.9 Å². The van der Waals surface area contributed by atoms with Gasteiger partial charge in [-0.2, -0.15) is 4.39 Å². The fourth-order valence-electron chi connectivity index (χ4n) is 3.61. The first-order chi connectivity index (χ1) is 12.2. The van der Waals surface area contributed by atoms with Crippen molar-refractivity contribution < 1.29 is 13.6 Å². The average Bonchev–Trinajstić information content (AvgIpc) is 3.17. The molecule has 1 amide bonds. The van der Waals surface area contributed by atoms with Gasteiger partial charge in [-0.3, -0.25) is 9.20 Å². The summed E-state index contributed by atoms with van der Waals surface area (Å²) in [5, 5.41) is 0. The summed E-state index contributed by atoms with van der Waals surface area (Å²) < 4.78 is 21.8. The highest BCUT2D eigenvalue weighted by molar-refractivity contribution is 5.93. The van der Waals surface area contributed by atoms with Crippen molar-refractivity contribution in [1.29, 1.82) is 0 Å². The molecule has 0 bridgehead atoms. The van der Waals surface area contributed by atoms with Gasteiger partial charge >= 0.3 is 0 Å². The Bertz CT molecular complexity index is 901. The third-order valence-corrected chi connectivity index (χ3v) is 4.87. The molecule has 3 aromatic rings. The van der Waals surface area contributed by atoms with Crippen LogP contribution in [0.3, 0.4) is 0 Å². The lowest BCUT2D eigenvalue weighted by molar-refractivity contribution is 0.0647. The molecule has 0 N–H and O–H groups in total. The van der Waals surface area contributed by atoms with Gasteiger partial charge in [0.05, 0.1) is 12.3 Å². The number of fused-ring (bicyclic) bond motifs is 1. The van der Waals surface area contributed by atoms with Gasteiger partial charge in [-0.15, -0.1) is 0 Å². The number of hydrogen-bond donors (Lipinski definition) is 0. The zero-order valence-electron chi connectivity index (χ0n) is 14.1. The fourth-order valence-corrected chi connectivity index (χ4v) is 3.61. The van der Waals surface area contributed by atoms with E-state index in [9.17, 15) is 9.18 Å². The molecule has 0 saturated carbocycles. The van der Waals surface area contributed by atoms with E-state index in [4.69, 9.17) is 4.42 Å². The second-order valence-electron chi connectivity index (χ2n) is 6.49. The Morgan fingerprint density at radius 1 is 1.24 bits per heavy atom. The summed E-state index contributed by atoms with van der Waals surface area (Å²) in [7, 11) is 0. The molecule has 1 saturated heterocycles. The van der Waals surface area contributed by atoms with Gasteiger partial charge in [0.1, 0.15) is 11.4 Å². The second-order valence-corrected chi connectivity index (χ2v) is 6.49. The number of aryl methyl sites for hydroxylation is 1. The molecule has 5 nitrogen and oxygen atoms in total. The Morgan fingerprint density at radius 3 is 2.88 bits per heavy atom. The van der Waals surface area contributed by atoms with Crippen molar-refractivity contribution in [2.45, 2.75) is 38.6 Å². The van der Waals surface area contributed by atoms with Crippen LogP contribution in [0.1, 0.15) is 53.7 Å². The molecule has 1 fully saturated rings. The number of nitrogens with zero attached hydrogens (tertiary/aromatic N) is 3. The lowest BCUT2D eigenvalue weighted by Gasteiger charge is -2.28. The predicted molar refractivity (Wildman–Crippen MR) is 90.8 cm³/mol. The number of furan rings is 1. The van der Waals surface area contributed by atoms with Crippen LogP contribution in [0.4, 0.5) is 4.39 Å². The van der Waals surface area contributed by atoms with Gasteiger partial charge in [-0.1, -0.05) is 18.9 Å². The minimum absolute atomic E-state index is 0.118. The summed E-state index contributed by atoms with van der Waals surface area (Å²) in [5.41, 5.74) is 1.04. The third kappa shape index (κ3) is 2.71. The van der Waals surface area contributed by atoms with Crippen molar-refractivity contribution in [2.75, 3.05) is 6.54 Å². The van der Waals surface area contributed by atoms with Gasteiger partial charge in [0.2, 0.25) is 5.95 Å². The molecule has 6 heteroatoms. The molecule has 1 aliphatic rings. The maximum absolute atomic E-state index is 14.9. The van der Waals surface area contributed by atoms with E-state index in [0.717, 1.165) is 31.4 Å². The van der Waals surface area contributed by atoms with Crippen molar-refractivity contribution >= 4 is 11.6 Å². The van der Waals surface area contributed by atoms with E-state index in [1.165, 1.54) is 4.40 Å². The first-order valence-corrected chi connectivity index (χ1v) is 8.65. The van der Waals surface area contributed by atoms with Crippen LogP contribution in [0.25, 0.3) is 5.65 Å². The highest BCUT2D eigenvalue weighted by Crippen LogP contribution is 2.32. The van der Waals surface area contributed by atoms with Crippen molar-refractivity contribution in [3.63, 3.8) is 0 Å². The van der Waals surface area contributed by atoms with Crippen molar-refractivity contribution in [2.24, 2.45) is 0 Å². The average molecular weight is 341 g/mol. The topological polar surface area (TPSA) is 50.8 Å². The Morgan fingerprint density at radius 2 is 2.12 bits per heavy atom. The van der Waals surface area contributed by atoms with E-state index in [-0.39, 0.29) is 17.6 Å². The number of rotatable bonds is 2. The molecule has 25 heavy (non-hydrogen) atoms. The highest BCUT2D eigenvalue weighted by Gasteiger charge is 2.32. The van der Waals surface area contributed by atoms with Gasteiger partial charge in [0, 0.05) is 12.2 Å². The van der Waals surface area contributed by atoms with Crippen LogP contribution < -0.4 is 0 Å². The molecule has 0 spiro atoms. The Labute approximate surface area is 145 Å². The first-order valence-electron chi connectivity index (χ1n) is 8.65. The molecule has 1 aliphatic heterocycles. The minimum atomic E-state index is -0.597. The number of carbonyl (C=O) groups is 1. The molecule has 130 valence electrons. The monoisotopic (exact) mass is 341 g/mol. The molecule has 0 unspecified atom stereocenters. The van der Waals surface area contributed by atoms with E-state index in [1.54, 1.807) is 30.2 Å². The zero-order valence-corrected chi connectivity index (χ0v) is 14.1. The second kappa shape index (κ2) is 6.35. The third-order valence-electron chi connectivity index (χ3n) is 4.87. The van der Waals surface area contributed by atoms with Crippen LogP contribution in [-0.2, 0) is 0 Å². The molecule has 4 heterocycles. The molecule has 0 radical (unpaired) electrons. The first kappa shape index (κ1) is 15.9. The maximum Gasteiger partial charge on any atom is 0.277 e. The molecule has 3 aromatic heterocycles. The summed E-state index contributed by atoms with van der Waals surface area (Å²) >= 11 is 0. The molecule has 1 atom stereocenters. The summed E-state index contributed by atoms with van der Waals surface area (Å²) in [6.45, 7) is 2.38. The zero-order chi connectivity index (χ0) is 17.4. The van der Waals surface area contributed by atoms with Gasteiger partial charge in [0.25, 0.3) is 5.91 Å². The van der Waals surface area contributed by atoms with Crippen molar-refractivity contribution in [3.05, 3.63) is 59.7 Å². The van der Waals surface area contributed by atoms with Crippen LogP contribution in [0.15, 0.2) is 41.0 Å². The minimum Gasteiger partial charge on any atom is -0.467 e. The fraction of sp³-hybridized carbons (Fsp3) is 0.368. The smallest absolute Gasteiger partial charge is 0.277 e. The Kier molecular flexibility index (Phi) is 4.03. The SMILES string of the molecule is Cc1cccc2nc(C(=O)N3CCCCC[C@H]3c3ccco3)c(F)n12. The van der Waals surface area contributed by atoms with Crippen molar-refractivity contribution in [1.82, 2.24) is 14.3 Å². The van der Waals surface area contributed by atoms with Crippen LogP contribution >= 0.6 is 0 Å². The maximum atomic E-state index is 14.9. The summed E-state index contributed by atoms with van der Waals surface area (Å²) in [4.78, 5) is 19.1. The number of aromatic nitrogens is 2. The lowest BCUT2D eigenvalue weighted by atomic mass is 10.1. The number of carbonyl (C=O) groups excluding carboxylic acids is 1. The number of halogens is 1. The predicted octanol–water partition coefficient (Wildman–Crippen LogP) is 4.13. The molecular weight excluding hydrogens is 321 g/mol. The number of imidazole rings is 1. The number of amides is 1. The highest BCUT2D eigenvalue weighted by atomic mass is 19.1. The number of pyridine rings is 1. The van der Waals surface area contributed by atoms with Gasteiger partial charge < -0.3 is 9.32 Å². The van der Waals surface area contributed by atoms with E-state index < -0.39 is 5.95 Å². The Hall–Kier alpha value is -2.63. The van der Waals surface area contributed by atoms with E-state index in [2.05, 4.69) is 4.98 Å². The van der Waals surface area contributed by atoms with Crippen LogP contribution in [0, 0.1) is 12.9 Å². The summed E-state index contributed by atoms with van der Waals surface area (Å²) in [5.74, 6) is -0.222. The summed E-state index contributed by atoms with van der Waals surface area (Å²) in [6.07, 6.45) is 5.39. The molecule has 0 aliphatic carbocycles. The molecular formula is C19H20FN3O2. The van der Waals surface area contributed by atoms with E-state index in [1.807, 2.05) is 18.2 Å². The van der Waals surface area contributed by atoms with Crippen LogP contribution in [0.5, 0.6) is 0 Å². The molecule has 0 aromatic carbocycles. The van der Waals surface area contributed by atoms with Crippen molar-refractivity contribution in [3.8, 4) is 0 Å². The number of likely N-dealkylation sites (tertiary alicyclic amines) is 1. The summed E-state index contributed by atoms with van der Waals surface area (Å²) in [6, 6.07) is 8.83.